The monoisotopic (exact) mass is 554 g/mol. The third kappa shape index (κ3) is 10.0. The zero-order chi connectivity index (χ0) is 29.7. The van der Waals surface area contributed by atoms with Gasteiger partial charge < -0.3 is 21.3 Å². The molecule has 0 aliphatic carbocycles. The Hall–Kier alpha value is -3.26. The highest BCUT2D eigenvalue weighted by atomic mass is 19.1. The first-order chi connectivity index (χ1) is 19.1. The van der Waals surface area contributed by atoms with Crippen LogP contribution in [-0.2, 0) is 11.2 Å². The minimum atomic E-state index is -0.634. The van der Waals surface area contributed by atoms with Crippen molar-refractivity contribution in [2.75, 3.05) is 19.6 Å². The Balaban J connectivity index is 2.23. The molecule has 0 aromatic heterocycles. The lowest BCUT2D eigenvalue weighted by Crippen LogP contribution is -2.50. The third-order valence-electron chi connectivity index (χ3n) is 7.27. The zero-order valence-corrected chi connectivity index (χ0v) is 24.7. The number of nitrogens with two attached hydrogens (primary N) is 1. The molecule has 0 aliphatic heterocycles. The van der Waals surface area contributed by atoms with Crippen molar-refractivity contribution in [3.8, 4) is 0 Å². The Morgan fingerprint density at radius 2 is 1.60 bits per heavy atom. The number of nitrogens with one attached hydrogen (secondary N) is 2. The summed E-state index contributed by atoms with van der Waals surface area (Å²) in [6.45, 7) is 11.9. The van der Waals surface area contributed by atoms with Crippen molar-refractivity contribution in [2.45, 2.75) is 78.8 Å². The molecular weight excluding hydrogens is 507 g/mol. The summed E-state index contributed by atoms with van der Waals surface area (Å²) in [6, 6.07) is 11.8. The molecule has 8 heteroatoms. The van der Waals surface area contributed by atoms with E-state index in [0.717, 1.165) is 19.3 Å². The molecule has 0 saturated heterocycles. The van der Waals surface area contributed by atoms with Gasteiger partial charge in [0.15, 0.2) is 0 Å². The highest BCUT2D eigenvalue weighted by Crippen LogP contribution is 2.17. The molecule has 0 unspecified atom stereocenters. The predicted molar refractivity (Wildman–Crippen MR) is 159 cm³/mol. The summed E-state index contributed by atoms with van der Waals surface area (Å²) in [7, 11) is 0. The molecule has 3 amide bonds. The standard InChI is InChI=1S/C32H47FN4O3/c1-6-16-37(17-7-2)32(40)26-14-11-13-25(19-26)31(39)36-29(20-24-12-9-10-15-27(24)33)28(34)18-23(5)30(38)35-21-22(4)8-3/h9-15,19,22-23,28-29H,6-8,16-18,20-21,34H2,1-5H3,(H,35,38)(H,36,39)/t22-,23+,28-,29-/m0/s1. The van der Waals surface area contributed by atoms with Crippen molar-refractivity contribution < 1.29 is 18.8 Å². The summed E-state index contributed by atoms with van der Waals surface area (Å²) in [5.74, 6) is -1.01. The van der Waals surface area contributed by atoms with Crippen molar-refractivity contribution in [2.24, 2.45) is 17.6 Å². The predicted octanol–water partition coefficient (Wildman–Crippen LogP) is 4.94. The molecule has 7 nitrogen and oxygen atoms in total. The van der Waals surface area contributed by atoms with Crippen LogP contribution in [0.25, 0.3) is 0 Å². The summed E-state index contributed by atoms with van der Waals surface area (Å²) in [5.41, 5.74) is 7.76. The average Bonchev–Trinajstić information content (AvgIpc) is 2.95. The van der Waals surface area contributed by atoms with Crippen LogP contribution in [0.1, 0.15) is 86.6 Å². The molecule has 2 rings (SSSR count). The van der Waals surface area contributed by atoms with Crippen molar-refractivity contribution >= 4 is 17.7 Å². The fourth-order valence-corrected chi connectivity index (χ4v) is 4.57. The molecule has 0 aliphatic rings. The molecule has 0 fully saturated rings. The van der Waals surface area contributed by atoms with Gasteiger partial charge in [0.1, 0.15) is 5.82 Å². The van der Waals surface area contributed by atoms with Crippen LogP contribution in [0.4, 0.5) is 4.39 Å². The molecule has 0 spiro atoms. The fraction of sp³-hybridized carbons (Fsp3) is 0.531. The van der Waals surface area contributed by atoms with E-state index in [-0.39, 0.29) is 30.0 Å². The lowest BCUT2D eigenvalue weighted by atomic mass is 9.91. The molecule has 0 saturated carbocycles. The van der Waals surface area contributed by atoms with Crippen LogP contribution in [0.3, 0.4) is 0 Å². The van der Waals surface area contributed by atoms with Gasteiger partial charge in [0, 0.05) is 48.8 Å². The van der Waals surface area contributed by atoms with Crippen LogP contribution >= 0.6 is 0 Å². The van der Waals surface area contributed by atoms with Gasteiger partial charge in [-0.3, -0.25) is 14.4 Å². The number of rotatable bonds is 16. The fourth-order valence-electron chi connectivity index (χ4n) is 4.57. The van der Waals surface area contributed by atoms with Crippen LogP contribution in [0.5, 0.6) is 0 Å². The molecule has 4 N–H and O–H groups in total. The van der Waals surface area contributed by atoms with Crippen molar-refractivity contribution in [3.63, 3.8) is 0 Å². The highest BCUT2D eigenvalue weighted by Gasteiger charge is 2.27. The molecule has 40 heavy (non-hydrogen) atoms. The Kier molecular flexibility index (Phi) is 13.8. The van der Waals surface area contributed by atoms with Gasteiger partial charge in [-0.1, -0.05) is 65.3 Å². The second-order valence-electron chi connectivity index (χ2n) is 10.8. The smallest absolute Gasteiger partial charge is 0.253 e. The van der Waals surface area contributed by atoms with Gasteiger partial charge in [0.05, 0.1) is 0 Å². The molecule has 0 heterocycles. The topological polar surface area (TPSA) is 105 Å². The minimum absolute atomic E-state index is 0.0957. The number of carbonyl (C=O) groups excluding carboxylic acids is 3. The molecule has 2 aromatic rings. The summed E-state index contributed by atoms with van der Waals surface area (Å²) < 4.78 is 14.6. The van der Waals surface area contributed by atoms with E-state index >= 15 is 0 Å². The first-order valence-corrected chi connectivity index (χ1v) is 14.6. The minimum Gasteiger partial charge on any atom is -0.356 e. The molecule has 220 valence electrons. The number of hydrogen-bond donors (Lipinski definition) is 3. The summed E-state index contributed by atoms with van der Waals surface area (Å²) in [5, 5.41) is 5.94. The van der Waals surface area contributed by atoms with E-state index < -0.39 is 18.0 Å². The number of hydrogen-bond acceptors (Lipinski definition) is 4. The Bertz CT molecular complexity index is 1100. The Labute approximate surface area is 239 Å². The van der Waals surface area contributed by atoms with E-state index in [0.29, 0.717) is 48.7 Å². The van der Waals surface area contributed by atoms with Crippen molar-refractivity contribution in [1.82, 2.24) is 15.5 Å². The SMILES string of the molecule is CCCN(CCC)C(=O)c1cccc(C(=O)N[C@@H](Cc2ccccc2F)[C@@H](N)C[C@@H](C)C(=O)NC[C@@H](C)CC)c1. The summed E-state index contributed by atoms with van der Waals surface area (Å²) >= 11 is 0. The zero-order valence-electron chi connectivity index (χ0n) is 24.7. The molecule has 2 aromatic carbocycles. The van der Waals surface area contributed by atoms with Gasteiger partial charge in [-0.15, -0.1) is 0 Å². The average molecular weight is 555 g/mol. The first kappa shape index (κ1) is 32.9. The van der Waals surface area contributed by atoms with Crippen molar-refractivity contribution in [3.05, 3.63) is 71.0 Å². The van der Waals surface area contributed by atoms with E-state index in [1.807, 2.05) is 13.8 Å². The maximum absolute atomic E-state index is 14.6. The van der Waals surface area contributed by atoms with Gasteiger partial charge in [-0.2, -0.15) is 0 Å². The van der Waals surface area contributed by atoms with Gasteiger partial charge in [-0.25, -0.2) is 4.39 Å². The Morgan fingerprint density at radius 3 is 2.23 bits per heavy atom. The normalized spacial score (nSPS) is 14.1. The second-order valence-corrected chi connectivity index (χ2v) is 10.8. The molecule has 0 bridgehead atoms. The van der Waals surface area contributed by atoms with E-state index in [2.05, 4.69) is 24.5 Å². The molecular formula is C32H47FN4O3. The number of amides is 3. The van der Waals surface area contributed by atoms with E-state index in [4.69, 9.17) is 5.73 Å². The first-order valence-electron chi connectivity index (χ1n) is 14.6. The van der Waals surface area contributed by atoms with Gasteiger partial charge >= 0.3 is 0 Å². The number of nitrogens with zero attached hydrogens (tertiary/aromatic N) is 1. The van der Waals surface area contributed by atoms with Crippen LogP contribution in [0.15, 0.2) is 48.5 Å². The summed E-state index contributed by atoms with van der Waals surface area (Å²) in [6.07, 6.45) is 3.13. The van der Waals surface area contributed by atoms with Crippen LogP contribution in [-0.4, -0.2) is 54.3 Å². The van der Waals surface area contributed by atoms with Crippen LogP contribution < -0.4 is 16.4 Å². The maximum Gasteiger partial charge on any atom is 0.253 e. The Morgan fingerprint density at radius 1 is 0.950 bits per heavy atom. The van der Waals surface area contributed by atoms with Gasteiger partial charge in [0.25, 0.3) is 11.8 Å². The van der Waals surface area contributed by atoms with Crippen LogP contribution in [0.2, 0.25) is 0 Å². The quantitative estimate of drug-likeness (QED) is 0.273. The summed E-state index contributed by atoms with van der Waals surface area (Å²) in [4.78, 5) is 41.0. The highest BCUT2D eigenvalue weighted by molar-refractivity contribution is 5.99. The number of halogens is 1. The number of carbonyl (C=O) groups is 3. The number of benzene rings is 2. The van der Waals surface area contributed by atoms with Crippen LogP contribution in [0, 0.1) is 17.7 Å². The lowest BCUT2D eigenvalue weighted by Gasteiger charge is -2.28. The third-order valence-corrected chi connectivity index (χ3v) is 7.27. The molecule has 0 radical (unpaired) electrons. The second kappa shape index (κ2) is 16.8. The van der Waals surface area contributed by atoms with E-state index in [9.17, 15) is 18.8 Å². The van der Waals surface area contributed by atoms with Gasteiger partial charge in [-0.05, 0) is 61.4 Å². The van der Waals surface area contributed by atoms with E-state index in [1.165, 1.54) is 6.07 Å². The van der Waals surface area contributed by atoms with Crippen molar-refractivity contribution in [1.29, 1.82) is 0 Å². The van der Waals surface area contributed by atoms with E-state index in [1.54, 1.807) is 54.3 Å². The largest absolute Gasteiger partial charge is 0.356 e. The van der Waals surface area contributed by atoms with Gasteiger partial charge in [0.2, 0.25) is 5.91 Å². The maximum atomic E-state index is 14.6. The lowest BCUT2D eigenvalue weighted by molar-refractivity contribution is -0.125. The molecule has 4 atom stereocenters.